The fraction of sp³-hybridized carbons (Fsp3) is 0.952. The zero-order valence-corrected chi connectivity index (χ0v) is 17.7. The van der Waals surface area contributed by atoms with E-state index < -0.39 is 47.2 Å². The number of halogens is 6. The van der Waals surface area contributed by atoms with Gasteiger partial charge in [-0.1, -0.05) is 13.3 Å². The van der Waals surface area contributed by atoms with Crippen LogP contribution in [0, 0.1) is 23.2 Å². The van der Waals surface area contributed by atoms with E-state index in [1.54, 1.807) is 6.92 Å². The molecule has 0 radical (unpaired) electrons. The molecule has 0 aromatic heterocycles. The van der Waals surface area contributed by atoms with Crippen LogP contribution in [-0.2, 0) is 4.79 Å². The molecular formula is C21H32F6O3. The molecule has 0 aromatic rings. The highest BCUT2D eigenvalue weighted by Gasteiger charge is 2.71. The minimum atomic E-state index is -5.86. The van der Waals surface area contributed by atoms with Gasteiger partial charge in [-0.25, -0.2) is 0 Å². The number of Topliss-reactive ketones (excluding diaryl/α,β-unsaturated/α-hetero) is 1. The Hall–Kier alpha value is -0.830. The van der Waals surface area contributed by atoms with Crippen LogP contribution in [0.15, 0.2) is 0 Å². The number of alkyl halides is 6. The van der Waals surface area contributed by atoms with Gasteiger partial charge in [0.2, 0.25) is 0 Å². The van der Waals surface area contributed by atoms with Crippen LogP contribution in [0.4, 0.5) is 26.3 Å². The first-order chi connectivity index (χ1) is 13.4. The summed E-state index contributed by atoms with van der Waals surface area (Å²) in [5, 5.41) is 19.7. The zero-order chi connectivity index (χ0) is 23.2. The minimum absolute atomic E-state index is 0.0135. The molecule has 2 saturated carbocycles. The van der Waals surface area contributed by atoms with E-state index >= 15 is 0 Å². The molecule has 2 N–H and O–H groups in total. The van der Waals surface area contributed by atoms with Crippen LogP contribution in [-0.4, -0.2) is 39.6 Å². The molecule has 30 heavy (non-hydrogen) atoms. The Morgan fingerprint density at radius 3 is 2.13 bits per heavy atom. The van der Waals surface area contributed by atoms with E-state index in [0.29, 0.717) is 32.1 Å². The van der Waals surface area contributed by atoms with Gasteiger partial charge in [-0.15, -0.1) is 0 Å². The predicted molar refractivity (Wildman–Crippen MR) is 98.5 cm³/mol. The Morgan fingerprint density at radius 1 is 1.07 bits per heavy atom. The van der Waals surface area contributed by atoms with Gasteiger partial charge in [0.05, 0.1) is 5.60 Å². The molecule has 2 aliphatic carbocycles. The molecule has 2 fully saturated rings. The standard InChI is InChI=1S/C21H32F6O3/c1-17(2,29)10-4-6-13(12-19(30,20(22,23)24)21(25,26)27)14-8-9-15-16(28)7-5-11-18(14,15)3/h13-15,29-30H,4-12H2,1-3H3/t13?,14-,15?,18-/m1/s1. The Morgan fingerprint density at radius 2 is 1.63 bits per heavy atom. The summed E-state index contributed by atoms with van der Waals surface area (Å²) in [6.07, 6.45) is -10.4. The number of ketones is 1. The van der Waals surface area contributed by atoms with Gasteiger partial charge >= 0.3 is 12.4 Å². The summed E-state index contributed by atoms with van der Waals surface area (Å²) < 4.78 is 80.3. The topological polar surface area (TPSA) is 57.5 Å². The first-order valence-electron chi connectivity index (χ1n) is 10.5. The van der Waals surface area contributed by atoms with Crippen LogP contribution in [0.5, 0.6) is 0 Å². The lowest BCUT2D eigenvalue weighted by Crippen LogP contribution is -2.58. The van der Waals surface area contributed by atoms with Crippen LogP contribution in [0.25, 0.3) is 0 Å². The molecule has 176 valence electrons. The molecule has 2 unspecified atom stereocenters. The Kier molecular flexibility index (Phi) is 7.00. The molecule has 2 rings (SSSR count). The van der Waals surface area contributed by atoms with Crippen molar-refractivity contribution < 1.29 is 41.4 Å². The van der Waals surface area contributed by atoms with E-state index in [1.807, 2.05) is 0 Å². The van der Waals surface area contributed by atoms with Crippen molar-refractivity contribution in [2.75, 3.05) is 0 Å². The van der Waals surface area contributed by atoms with Gasteiger partial charge in [0.1, 0.15) is 5.78 Å². The molecular weight excluding hydrogens is 414 g/mol. The van der Waals surface area contributed by atoms with Gasteiger partial charge < -0.3 is 10.2 Å². The van der Waals surface area contributed by atoms with Crippen LogP contribution in [0.1, 0.15) is 78.6 Å². The van der Waals surface area contributed by atoms with Crippen molar-refractivity contribution in [3.05, 3.63) is 0 Å². The van der Waals surface area contributed by atoms with E-state index in [4.69, 9.17) is 0 Å². The quantitative estimate of drug-likeness (QED) is 0.503. The Bertz CT molecular complexity index is 608. The minimum Gasteiger partial charge on any atom is -0.390 e. The third-order valence-corrected chi connectivity index (χ3v) is 7.36. The van der Waals surface area contributed by atoms with E-state index in [2.05, 4.69) is 0 Å². The third kappa shape index (κ3) is 4.97. The lowest BCUT2D eigenvalue weighted by Gasteiger charge is -2.45. The second-order valence-electron chi connectivity index (χ2n) is 10.1. The highest BCUT2D eigenvalue weighted by Crippen LogP contribution is 2.59. The van der Waals surface area contributed by atoms with Gasteiger partial charge in [0.25, 0.3) is 5.60 Å². The molecule has 0 spiro atoms. The Labute approximate surface area is 173 Å². The fourth-order valence-electron chi connectivity index (χ4n) is 5.76. The Balaban J connectivity index is 2.36. The summed E-state index contributed by atoms with van der Waals surface area (Å²) in [5.74, 6) is -1.91. The van der Waals surface area contributed by atoms with Crippen molar-refractivity contribution in [3.8, 4) is 0 Å². The maximum atomic E-state index is 13.4. The fourth-order valence-corrected chi connectivity index (χ4v) is 5.76. The van der Waals surface area contributed by atoms with Crippen molar-refractivity contribution in [2.45, 2.75) is 102 Å². The number of rotatable bonds is 7. The van der Waals surface area contributed by atoms with E-state index in [1.165, 1.54) is 13.8 Å². The summed E-state index contributed by atoms with van der Waals surface area (Å²) in [4.78, 5) is 12.4. The van der Waals surface area contributed by atoms with E-state index in [0.717, 1.165) is 0 Å². The molecule has 0 aromatic carbocycles. The number of hydrogen-bond donors (Lipinski definition) is 2. The predicted octanol–water partition coefficient (Wildman–Crippen LogP) is 5.58. The van der Waals surface area contributed by atoms with Gasteiger partial charge in [-0.2, -0.15) is 26.3 Å². The zero-order valence-electron chi connectivity index (χ0n) is 17.7. The number of carbonyl (C=O) groups is 1. The smallest absolute Gasteiger partial charge is 0.390 e. The SMILES string of the molecule is CC(C)(O)CCCC(CC(O)(C(F)(F)F)C(F)(F)F)[C@H]1CCC2C(=O)CCC[C@@]21C. The van der Waals surface area contributed by atoms with Gasteiger partial charge in [-0.05, 0) is 76.0 Å². The first-order valence-corrected chi connectivity index (χ1v) is 10.5. The average molecular weight is 446 g/mol. The molecule has 4 atom stereocenters. The van der Waals surface area contributed by atoms with Crippen LogP contribution in [0.2, 0.25) is 0 Å². The van der Waals surface area contributed by atoms with Gasteiger partial charge in [-0.3, -0.25) is 4.79 Å². The highest BCUT2D eigenvalue weighted by atomic mass is 19.4. The number of carbonyl (C=O) groups excluding carboxylic acids is 1. The van der Waals surface area contributed by atoms with Crippen molar-refractivity contribution >= 4 is 5.78 Å². The maximum Gasteiger partial charge on any atom is 0.426 e. The summed E-state index contributed by atoms with van der Waals surface area (Å²) in [6.45, 7) is 4.85. The lowest BCUT2D eigenvalue weighted by atomic mass is 9.60. The van der Waals surface area contributed by atoms with Crippen molar-refractivity contribution in [2.24, 2.45) is 23.2 Å². The summed E-state index contributed by atoms with van der Waals surface area (Å²) in [7, 11) is 0. The average Bonchev–Trinajstić information content (AvgIpc) is 2.89. The molecule has 3 nitrogen and oxygen atoms in total. The molecule has 0 heterocycles. The number of hydrogen-bond acceptors (Lipinski definition) is 3. The second kappa shape index (κ2) is 8.26. The van der Waals surface area contributed by atoms with Gasteiger partial charge in [0, 0.05) is 12.3 Å². The van der Waals surface area contributed by atoms with Crippen molar-refractivity contribution in [1.82, 2.24) is 0 Å². The molecule has 9 heteroatoms. The molecule has 2 aliphatic rings. The molecule has 0 aliphatic heterocycles. The van der Waals surface area contributed by atoms with Crippen molar-refractivity contribution in [3.63, 3.8) is 0 Å². The summed E-state index contributed by atoms with van der Waals surface area (Å²) in [5.41, 5.74) is -6.56. The number of aliphatic hydroxyl groups is 2. The highest BCUT2D eigenvalue weighted by molar-refractivity contribution is 5.83. The van der Waals surface area contributed by atoms with E-state index in [9.17, 15) is 41.4 Å². The molecule has 0 amide bonds. The summed E-state index contributed by atoms with van der Waals surface area (Å²) in [6, 6.07) is 0. The summed E-state index contributed by atoms with van der Waals surface area (Å²) >= 11 is 0. The van der Waals surface area contributed by atoms with Crippen molar-refractivity contribution in [1.29, 1.82) is 0 Å². The van der Waals surface area contributed by atoms with Gasteiger partial charge in [0.15, 0.2) is 0 Å². The molecule has 0 bridgehead atoms. The van der Waals surface area contributed by atoms with Crippen LogP contribution < -0.4 is 0 Å². The normalized spacial score (nSPS) is 29.8. The monoisotopic (exact) mass is 446 g/mol. The second-order valence-corrected chi connectivity index (χ2v) is 10.1. The van der Waals surface area contributed by atoms with Crippen LogP contribution >= 0.6 is 0 Å². The maximum absolute atomic E-state index is 13.4. The largest absolute Gasteiger partial charge is 0.426 e. The molecule has 0 saturated heterocycles. The van der Waals surface area contributed by atoms with E-state index in [-0.39, 0.29) is 31.0 Å². The van der Waals surface area contributed by atoms with Crippen LogP contribution in [0.3, 0.4) is 0 Å². The third-order valence-electron chi connectivity index (χ3n) is 7.36. The first kappa shape index (κ1) is 25.4. The number of fused-ring (bicyclic) bond motifs is 1. The lowest BCUT2D eigenvalue weighted by molar-refractivity contribution is -0.374.